The SMILES string of the molecule is O=C(c1ccc(NC2=C(Cl)C(=O)N(c3cc(Cl)cc(Cl)c3)C2=O)cc1)N1CCOCC1. The molecule has 7 nitrogen and oxygen atoms in total. The molecular weight excluding hydrogens is 465 g/mol. The van der Waals surface area contributed by atoms with E-state index in [1.807, 2.05) is 0 Å². The maximum Gasteiger partial charge on any atom is 0.283 e. The first-order valence-corrected chi connectivity index (χ1v) is 10.5. The van der Waals surface area contributed by atoms with Crippen LogP contribution in [0.15, 0.2) is 53.2 Å². The molecule has 0 aromatic heterocycles. The molecule has 0 radical (unpaired) electrons. The number of hydrogen-bond donors (Lipinski definition) is 1. The zero-order valence-electron chi connectivity index (χ0n) is 16.0. The summed E-state index contributed by atoms with van der Waals surface area (Å²) in [5.74, 6) is -1.42. The van der Waals surface area contributed by atoms with Crippen molar-refractivity contribution < 1.29 is 19.1 Å². The number of hydrogen-bond acceptors (Lipinski definition) is 5. The van der Waals surface area contributed by atoms with Gasteiger partial charge in [0, 0.05) is 34.4 Å². The molecule has 2 heterocycles. The second kappa shape index (κ2) is 8.88. The lowest BCUT2D eigenvalue weighted by Gasteiger charge is -2.26. The molecule has 2 aromatic rings. The van der Waals surface area contributed by atoms with Crippen molar-refractivity contribution in [2.45, 2.75) is 0 Å². The molecule has 2 aliphatic rings. The number of benzene rings is 2. The summed E-state index contributed by atoms with van der Waals surface area (Å²) in [7, 11) is 0. The lowest BCUT2D eigenvalue weighted by molar-refractivity contribution is -0.120. The predicted octanol–water partition coefficient (Wildman–Crippen LogP) is 3.90. The number of morpholine rings is 1. The van der Waals surface area contributed by atoms with Gasteiger partial charge in [-0.2, -0.15) is 0 Å². The van der Waals surface area contributed by atoms with Crippen LogP contribution in [-0.4, -0.2) is 48.9 Å². The molecule has 160 valence electrons. The first-order valence-electron chi connectivity index (χ1n) is 9.34. The number of rotatable bonds is 4. The molecule has 4 rings (SSSR count). The molecule has 1 saturated heterocycles. The van der Waals surface area contributed by atoms with Crippen molar-refractivity contribution in [3.8, 4) is 0 Å². The summed E-state index contributed by atoms with van der Waals surface area (Å²) in [6, 6.07) is 11.0. The Morgan fingerprint density at radius 2 is 1.52 bits per heavy atom. The minimum Gasteiger partial charge on any atom is -0.378 e. The van der Waals surface area contributed by atoms with Crippen molar-refractivity contribution >= 4 is 63.9 Å². The Morgan fingerprint density at radius 3 is 2.13 bits per heavy atom. The standard InChI is InChI=1S/C21H16Cl3N3O4/c22-13-9-14(23)11-16(10-13)27-20(29)17(24)18(21(27)30)25-15-3-1-12(2-4-15)19(28)26-5-7-31-8-6-26/h1-4,9-11,25H,5-8H2. The van der Waals surface area contributed by atoms with Crippen LogP contribution >= 0.6 is 34.8 Å². The topological polar surface area (TPSA) is 79.0 Å². The molecular formula is C21H16Cl3N3O4. The average molecular weight is 481 g/mol. The summed E-state index contributed by atoms with van der Waals surface area (Å²) in [5, 5.41) is 3.17. The fourth-order valence-electron chi connectivity index (χ4n) is 3.30. The normalized spacial score (nSPS) is 16.9. The van der Waals surface area contributed by atoms with Gasteiger partial charge in [0.1, 0.15) is 10.7 Å². The van der Waals surface area contributed by atoms with Gasteiger partial charge >= 0.3 is 0 Å². The molecule has 2 aromatic carbocycles. The van der Waals surface area contributed by atoms with Crippen molar-refractivity contribution in [2.24, 2.45) is 0 Å². The highest BCUT2D eigenvalue weighted by molar-refractivity contribution is 6.53. The van der Waals surface area contributed by atoms with Gasteiger partial charge in [-0.1, -0.05) is 34.8 Å². The third-order valence-electron chi connectivity index (χ3n) is 4.83. The maximum absolute atomic E-state index is 12.9. The number of carbonyl (C=O) groups excluding carboxylic acids is 3. The lowest BCUT2D eigenvalue weighted by Crippen LogP contribution is -2.40. The number of carbonyl (C=O) groups is 3. The molecule has 0 atom stereocenters. The van der Waals surface area contributed by atoms with Crippen molar-refractivity contribution in [1.29, 1.82) is 0 Å². The zero-order valence-corrected chi connectivity index (χ0v) is 18.3. The summed E-state index contributed by atoms with van der Waals surface area (Å²) in [6.07, 6.45) is 0. The van der Waals surface area contributed by atoms with E-state index in [2.05, 4.69) is 5.32 Å². The van der Waals surface area contributed by atoms with Crippen LogP contribution in [0.1, 0.15) is 10.4 Å². The van der Waals surface area contributed by atoms with Gasteiger partial charge in [-0.3, -0.25) is 14.4 Å². The molecule has 0 bridgehead atoms. The van der Waals surface area contributed by atoms with Crippen LogP contribution in [0.2, 0.25) is 10.0 Å². The Balaban J connectivity index is 1.51. The van der Waals surface area contributed by atoms with Crippen LogP contribution in [0, 0.1) is 0 Å². The molecule has 31 heavy (non-hydrogen) atoms. The Bertz CT molecular complexity index is 1080. The largest absolute Gasteiger partial charge is 0.378 e. The number of halogens is 3. The number of anilines is 2. The Labute approximate surface area is 193 Å². The van der Waals surface area contributed by atoms with E-state index in [-0.39, 0.29) is 32.4 Å². The first kappa shape index (κ1) is 21.6. The number of amides is 3. The van der Waals surface area contributed by atoms with Crippen LogP contribution < -0.4 is 10.2 Å². The van der Waals surface area contributed by atoms with E-state index in [1.165, 1.54) is 18.2 Å². The van der Waals surface area contributed by atoms with Gasteiger partial charge in [-0.15, -0.1) is 0 Å². The van der Waals surface area contributed by atoms with E-state index in [0.29, 0.717) is 37.6 Å². The fourth-order valence-corrected chi connectivity index (χ4v) is 4.03. The van der Waals surface area contributed by atoms with Crippen LogP contribution in [-0.2, 0) is 14.3 Å². The summed E-state index contributed by atoms with van der Waals surface area (Å²) in [4.78, 5) is 40.6. The molecule has 0 saturated carbocycles. The van der Waals surface area contributed by atoms with Gasteiger partial charge in [0.15, 0.2) is 0 Å². The van der Waals surface area contributed by atoms with Crippen molar-refractivity contribution in [3.05, 3.63) is 68.8 Å². The minimum atomic E-state index is -0.688. The average Bonchev–Trinajstić information content (AvgIpc) is 2.97. The van der Waals surface area contributed by atoms with Crippen LogP contribution in [0.3, 0.4) is 0 Å². The minimum absolute atomic E-state index is 0.0741. The van der Waals surface area contributed by atoms with Gasteiger partial charge in [-0.05, 0) is 42.5 Å². The molecule has 10 heteroatoms. The van der Waals surface area contributed by atoms with E-state index < -0.39 is 11.8 Å². The highest BCUT2D eigenvalue weighted by Crippen LogP contribution is 2.33. The van der Waals surface area contributed by atoms with Crippen LogP contribution in [0.4, 0.5) is 11.4 Å². The smallest absolute Gasteiger partial charge is 0.283 e. The third kappa shape index (κ3) is 4.41. The van der Waals surface area contributed by atoms with Gasteiger partial charge in [-0.25, -0.2) is 4.90 Å². The summed E-state index contributed by atoms with van der Waals surface area (Å²) in [6.45, 7) is 2.12. The second-order valence-electron chi connectivity index (χ2n) is 6.87. The molecule has 0 spiro atoms. The number of nitrogens with one attached hydrogen (secondary N) is 1. The molecule has 1 N–H and O–H groups in total. The summed E-state index contributed by atoms with van der Waals surface area (Å²) >= 11 is 18.1. The predicted molar refractivity (Wildman–Crippen MR) is 119 cm³/mol. The van der Waals surface area contributed by atoms with E-state index in [9.17, 15) is 14.4 Å². The Kier molecular flexibility index (Phi) is 6.20. The monoisotopic (exact) mass is 479 g/mol. The van der Waals surface area contributed by atoms with Crippen LogP contribution in [0.5, 0.6) is 0 Å². The third-order valence-corrected chi connectivity index (χ3v) is 5.62. The number of imide groups is 1. The Hall–Kier alpha value is -2.58. The van der Waals surface area contributed by atoms with Gasteiger partial charge in [0.2, 0.25) is 0 Å². The van der Waals surface area contributed by atoms with E-state index in [0.717, 1.165) is 4.90 Å². The fraction of sp³-hybridized carbons (Fsp3) is 0.190. The lowest BCUT2D eigenvalue weighted by atomic mass is 10.1. The van der Waals surface area contributed by atoms with Gasteiger partial charge in [0.25, 0.3) is 17.7 Å². The summed E-state index contributed by atoms with van der Waals surface area (Å²) < 4.78 is 5.26. The molecule has 2 aliphatic heterocycles. The van der Waals surface area contributed by atoms with Gasteiger partial charge < -0.3 is 15.0 Å². The molecule has 0 aliphatic carbocycles. The molecule has 1 fully saturated rings. The summed E-state index contributed by atoms with van der Waals surface area (Å²) in [5.41, 5.74) is 1.15. The highest BCUT2D eigenvalue weighted by Gasteiger charge is 2.39. The van der Waals surface area contributed by atoms with E-state index in [1.54, 1.807) is 29.2 Å². The van der Waals surface area contributed by atoms with Crippen LogP contribution in [0.25, 0.3) is 0 Å². The molecule has 0 unspecified atom stereocenters. The van der Waals surface area contributed by atoms with E-state index in [4.69, 9.17) is 39.5 Å². The Morgan fingerprint density at radius 1 is 0.903 bits per heavy atom. The number of ether oxygens (including phenoxy) is 1. The van der Waals surface area contributed by atoms with Crippen molar-refractivity contribution in [2.75, 3.05) is 36.5 Å². The highest BCUT2D eigenvalue weighted by atomic mass is 35.5. The zero-order chi connectivity index (χ0) is 22.1. The molecule has 3 amide bonds. The second-order valence-corrected chi connectivity index (χ2v) is 8.12. The maximum atomic E-state index is 12.9. The quantitative estimate of drug-likeness (QED) is 0.672. The van der Waals surface area contributed by atoms with E-state index >= 15 is 0 Å². The number of nitrogens with zero attached hydrogens (tertiary/aromatic N) is 2. The first-order chi connectivity index (χ1) is 14.8. The van der Waals surface area contributed by atoms with Crippen molar-refractivity contribution in [1.82, 2.24) is 4.90 Å². The van der Waals surface area contributed by atoms with Gasteiger partial charge in [0.05, 0.1) is 18.9 Å². The van der Waals surface area contributed by atoms with Crippen molar-refractivity contribution in [3.63, 3.8) is 0 Å².